The standard InChI is InChI=1S/C22H21N7O6S2/c23-22-25-13(11-37-22)17(26-34-14-4-5-24-19(14)31)20(32)27-35-21(33)18-12(9-28-6-2-1-3-7-28)10-36-16-8-15(30)29(16)18/h1-3,6-7,11,14,16H,4-5,8-10H2,(H3-,23,24,25,27,31,32)/p+1/t14-,16+/m0/s1. The van der Waals surface area contributed by atoms with Crippen LogP contribution in [-0.2, 0) is 35.4 Å². The normalized spacial score (nSPS) is 21.2. The van der Waals surface area contributed by atoms with Crippen LogP contribution < -0.4 is 21.1 Å². The summed E-state index contributed by atoms with van der Waals surface area (Å²) in [5.74, 6) is -1.85. The molecule has 5 rings (SSSR count). The number of anilines is 1. The maximum Gasteiger partial charge on any atom is 0.379 e. The Balaban J connectivity index is 1.34. The van der Waals surface area contributed by atoms with E-state index in [9.17, 15) is 19.2 Å². The number of nitrogens with two attached hydrogens (primary N) is 1. The molecule has 0 unspecified atom stereocenters. The van der Waals surface area contributed by atoms with Crippen LogP contribution in [0, 0.1) is 0 Å². The second-order valence-corrected chi connectivity index (χ2v) is 10.3. The Morgan fingerprint density at radius 2 is 2.11 bits per heavy atom. The maximum absolute atomic E-state index is 13.1. The molecule has 3 aliphatic rings. The van der Waals surface area contributed by atoms with Gasteiger partial charge in [0, 0.05) is 41.8 Å². The molecule has 13 nitrogen and oxygen atoms in total. The van der Waals surface area contributed by atoms with Crippen molar-refractivity contribution < 1.29 is 33.4 Å². The number of hydrogen-bond donors (Lipinski definition) is 3. The van der Waals surface area contributed by atoms with Crippen molar-refractivity contribution in [3.8, 4) is 0 Å². The first-order valence-corrected chi connectivity index (χ1v) is 13.2. The number of pyridine rings is 1. The number of fused-ring (bicyclic) bond motifs is 1. The van der Waals surface area contributed by atoms with Crippen molar-refractivity contribution in [2.75, 3.05) is 18.0 Å². The Labute approximate surface area is 218 Å². The summed E-state index contributed by atoms with van der Waals surface area (Å²) < 4.78 is 1.88. The smallest absolute Gasteiger partial charge is 0.379 e. The Bertz CT molecular complexity index is 1310. The van der Waals surface area contributed by atoms with E-state index >= 15 is 0 Å². The van der Waals surface area contributed by atoms with E-state index < -0.39 is 18.0 Å². The Morgan fingerprint density at radius 1 is 1.30 bits per heavy atom. The number of carbonyl (C=O) groups is 4. The zero-order chi connectivity index (χ0) is 25.9. The van der Waals surface area contributed by atoms with Gasteiger partial charge in [-0.15, -0.1) is 23.1 Å². The molecule has 2 saturated heterocycles. The van der Waals surface area contributed by atoms with Gasteiger partial charge in [0.1, 0.15) is 11.4 Å². The van der Waals surface area contributed by atoms with Crippen molar-refractivity contribution >= 4 is 57.6 Å². The predicted molar refractivity (Wildman–Crippen MR) is 131 cm³/mol. The number of amides is 3. The van der Waals surface area contributed by atoms with Crippen LogP contribution in [0.2, 0.25) is 0 Å². The molecule has 15 heteroatoms. The number of nitrogen functional groups attached to an aromatic ring is 1. The van der Waals surface area contributed by atoms with Gasteiger partial charge in [0.05, 0.1) is 11.8 Å². The zero-order valence-corrected chi connectivity index (χ0v) is 20.9. The molecule has 192 valence electrons. The lowest BCUT2D eigenvalue weighted by molar-refractivity contribution is -0.689. The summed E-state index contributed by atoms with van der Waals surface area (Å²) in [4.78, 5) is 66.0. The van der Waals surface area contributed by atoms with Gasteiger partial charge >= 0.3 is 11.9 Å². The van der Waals surface area contributed by atoms with Crippen LogP contribution in [-0.4, -0.2) is 63.1 Å². The molecule has 0 aromatic carbocycles. The largest absolute Gasteiger partial charge is 0.382 e. The number of rotatable bonds is 7. The highest BCUT2D eigenvalue weighted by Crippen LogP contribution is 2.40. The number of carbonyl (C=O) groups excluding carboxylic acids is 4. The zero-order valence-electron chi connectivity index (χ0n) is 19.3. The summed E-state index contributed by atoms with van der Waals surface area (Å²) >= 11 is 2.64. The molecule has 0 radical (unpaired) electrons. The molecule has 2 atom stereocenters. The van der Waals surface area contributed by atoms with Gasteiger partial charge in [-0.3, -0.25) is 19.3 Å². The average molecular weight is 545 g/mol. The summed E-state index contributed by atoms with van der Waals surface area (Å²) in [6, 6.07) is 5.59. The van der Waals surface area contributed by atoms with Crippen LogP contribution in [0.15, 0.2) is 52.4 Å². The van der Waals surface area contributed by atoms with Gasteiger partial charge in [-0.05, 0) is 0 Å². The Kier molecular flexibility index (Phi) is 7.05. The van der Waals surface area contributed by atoms with E-state index in [0.29, 0.717) is 37.3 Å². The minimum absolute atomic E-state index is 0.0851. The maximum atomic E-state index is 13.1. The van der Waals surface area contributed by atoms with Gasteiger partial charge in [0.15, 0.2) is 29.8 Å². The van der Waals surface area contributed by atoms with Gasteiger partial charge in [-0.2, -0.15) is 5.48 Å². The number of hydroxylamine groups is 1. The van der Waals surface area contributed by atoms with Crippen LogP contribution in [0.1, 0.15) is 18.5 Å². The first kappa shape index (κ1) is 24.7. The van der Waals surface area contributed by atoms with E-state index in [4.69, 9.17) is 15.4 Å². The molecule has 0 bridgehead atoms. The first-order valence-electron chi connectivity index (χ1n) is 11.2. The van der Waals surface area contributed by atoms with E-state index in [1.54, 1.807) is 11.8 Å². The molecule has 2 aromatic heterocycles. The lowest BCUT2D eigenvalue weighted by Crippen LogP contribution is -2.55. The molecule has 5 heterocycles. The van der Waals surface area contributed by atoms with Crippen LogP contribution >= 0.6 is 23.1 Å². The Morgan fingerprint density at radius 3 is 2.78 bits per heavy atom. The molecule has 3 amide bonds. The lowest BCUT2D eigenvalue weighted by Gasteiger charge is -2.43. The van der Waals surface area contributed by atoms with Gasteiger partial charge < -0.3 is 20.7 Å². The highest BCUT2D eigenvalue weighted by Gasteiger charge is 2.46. The summed E-state index contributed by atoms with van der Waals surface area (Å²) in [5.41, 5.74) is 8.30. The average Bonchev–Trinajstić information content (AvgIpc) is 3.51. The summed E-state index contributed by atoms with van der Waals surface area (Å²) in [6.07, 6.45) is 3.54. The number of hydrogen-bond acceptors (Lipinski definition) is 11. The van der Waals surface area contributed by atoms with E-state index in [1.165, 1.54) is 10.3 Å². The third kappa shape index (κ3) is 5.27. The molecule has 0 saturated carbocycles. The molecule has 3 aliphatic heterocycles. The predicted octanol–water partition coefficient (Wildman–Crippen LogP) is -0.544. The second kappa shape index (κ2) is 10.6. The SMILES string of the molecule is Nc1nc(C(=NO[C@H]2CCNC2=O)C(=O)NOC(=O)C2=C(C[n+]3ccccc3)CS[C@@H]3CC(=O)N23)cs1. The number of nitrogens with zero attached hydrogens (tertiary/aromatic N) is 4. The van der Waals surface area contributed by atoms with Crippen molar-refractivity contribution in [3.63, 3.8) is 0 Å². The number of β-lactam (4-membered cyclic amide) rings is 1. The number of thioether (sulfide) groups is 1. The van der Waals surface area contributed by atoms with E-state index in [2.05, 4.69) is 20.9 Å². The third-order valence-electron chi connectivity index (χ3n) is 5.76. The van der Waals surface area contributed by atoms with Gasteiger partial charge in [-0.1, -0.05) is 11.2 Å². The molecule has 2 fully saturated rings. The van der Waals surface area contributed by atoms with Crippen molar-refractivity contribution in [3.05, 3.63) is 52.9 Å². The lowest BCUT2D eigenvalue weighted by atomic mass is 10.1. The number of nitrogens with one attached hydrogen (secondary N) is 2. The number of thiazole rings is 1. The van der Waals surface area contributed by atoms with Crippen molar-refractivity contribution in [1.29, 1.82) is 0 Å². The fraction of sp³-hybridized carbons (Fsp3) is 0.318. The number of aromatic nitrogens is 2. The minimum Gasteiger partial charge on any atom is -0.382 e. The van der Waals surface area contributed by atoms with Gasteiger partial charge in [0.2, 0.25) is 12.0 Å². The second-order valence-electron chi connectivity index (χ2n) is 8.24. The fourth-order valence-electron chi connectivity index (χ4n) is 3.93. The van der Waals surface area contributed by atoms with Crippen LogP contribution in [0.25, 0.3) is 0 Å². The summed E-state index contributed by atoms with van der Waals surface area (Å²) in [7, 11) is 0. The van der Waals surface area contributed by atoms with E-state index in [-0.39, 0.29) is 39.4 Å². The van der Waals surface area contributed by atoms with E-state index in [0.717, 1.165) is 11.3 Å². The van der Waals surface area contributed by atoms with Crippen molar-refractivity contribution in [2.24, 2.45) is 5.16 Å². The molecule has 37 heavy (non-hydrogen) atoms. The Hall–Kier alpha value is -3.98. The first-order chi connectivity index (χ1) is 17.9. The minimum atomic E-state index is -0.937. The molecule has 0 spiro atoms. The number of oxime groups is 1. The quantitative estimate of drug-likeness (QED) is 0.179. The molecule has 2 aromatic rings. The van der Waals surface area contributed by atoms with Crippen LogP contribution in [0.3, 0.4) is 0 Å². The van der Waals surface area contributed by atoms with Gasteiger partial charge in [-0.25, -0.2) is 14.3 Å². The van der Waals surface area contributed by atoms with E-state index in [1.807, 2.05) is 35.2 Å². The molecule has 4 N–H and O–H groups in total. The van der Waals surface area contributed by atoms with Crippen LogP contribution in [0.4, 0.5) is 5.13 Å². The fourth-order valence-corrected chi connectivity index (χ4v) is 5.73. The highest BCUT2D eigenvalue weighted by atomic mass is 32.2. The molecular weight excluding hydrogens is 522 g/mol. The highest BCUT2D eigenvalue weighted by molar-refractivity contribution is 8.00. The van der Waals surface area contributed by atoms with Crippen molar-refractivity contribution in [2.45, 2.75) is 30.9 Å². The molecule has 0 aliphatic carbocycles. The summed E-state index contributed by atoms with van der Waals surface area (Å²) in [5, 5.41) is 7.92. The third-order valence-corrected chi connectivity index (χ3v) is 7.71. The van der Waals surface area contributed by atoms with Crippen LogP contribution in [0.5, 0.6) is 0 Å². The molecular formula is C22H22N7O6S2+. The summed E-state index contributed by atoms with van der Waals surface area (Å²) in [6.45, 7) is 0.792. The van der Waals surface area contributed by atoms with Gasteiger partial charge in [0.25, 0.3) is 5.91 Å². The topological polar surface area (TPSA) is 169 Å². The monoisotopic (exact) mass is 544 g/mol. The van der Waals surface area contributed by atoms with Crippen molar-refractivity contribution in [1.82, 2.24) is 20.7 Å².